The first-order valence-corrected chi connectivity index (χ1v) is 8.09. The fraction of sp³-hybridized carbons (Fsp3) is 0.111. The standard InChI is InChI=1S/C18H13ClF3N3O2/c1-11-9-16(27-13-6-4-5-12(10-13)18(20,21)22)24-25(11)17(26)23-15-8-3-2-7-14(15)19/h2-10H,1H3,(H,23,26). The molecule has 1 aromatic heterocycles. The van der Waals surface area contributed by atoms with Gasteiger partial charge < -0.3 is 10.1 Å². The van der Waals surface area contributed by atoms with Crippen LogP contribution in [0.3, 0.4) is 0 Å². The zero-order valence-corrected chi connectivity index (χ0v) is 14.7. The number of anilines is 1. The summed E-state index contributed by atoms with van der Waals surface area (Å²) in [7, 11) is 0. The lowest BCUT2D eigenvalue weighted by molar-refractivity contribution is -0.137. The molecule has 0 aliphatic heterocycles. The second-order valence-electron chi connectivity index (χ2n) is 5.57. The highest BCUT2D eigenvalue weighted by atomic mass is 35.5. The number of para-hydroxylation sites is 1. The molecule has 0 spiro atoms. The van der Waals surface area contributed by atoms with Gasteiger partial charge in [0.25, 0.3) is 0 Å². The monoisotopic (exact) mass is 395 g/mol. The molecule has 1 N–H and O–H groups in total. The van der Waals surface area contributed by atoms with Gasteiger partial charge in [-0.3, -0.25) is 0 Å². The number of carbonyl (C=O) groups is 1. The van der Waals surface area contributed by atoms with E-state index in [1.165, 1.54) is 18.2 Å². The molecular weight excluding hydrogens is 383 g/mol. The SMILES string of the molecule is Cc1cc(Oc2cccc(C(F)(F)F)c2)nn1C(=O)Nc1ccccc1Cl. The molecule has 3 aromatic rings. The van der Waals surface area contributed by atoms with Crippen molar-refractivity contribution in [3.63, 3.8) is 0 Å². The van der Waals surface area contributed by atoms with Crippen LogP contribution < -0.4 is 10.1 Å². The number of halogens is 4. The number of hydrogen-bond acceptors (Lipinski definition) is 3. The fourth-order valence-electron chi connectivity index (χ4n) is 2.29. The second kappa shape index (κ2) is 7.32. The van der Waals surface area contributed by atoms with Gasteiger partial charge in [-0.25, -0.2) is 4.79 Å². The Kier molecular flexibility index (Phi) is 5.09. The van der Waals surface area contributed by atoms with Crippen molar-refractivity contribution in [3.05, 3.63) is 70.9 Å². The third-order valence-corrected chi connectivity index (χ3v) is 3.89. The molecule has 0 fully saturated rings. The number of nitrogens with zero attached hydrogens (tertiary/aromatic N) is 2. The van der Waals surface area contributed by atoms with Gasteiger partial charge >= 0.3 is 12.2 Å². The van der Waals surface area contributed by atoms with Crippen LogP contribution in [0.2, 0.25) is 5.02 Å². The van der Waals surface area contributed by atoms with Crippen LogP contribution in [0, 0.1) is 6.92 Å². The van der Waals surface area contributed by atoms with Crippen molar-refractivity contribution in [2.75, 3.05) is 5.32 Å². The van der Waals surface area contributed by atoms with E-state index in [4.69, 9.17) is 16.3 Å². The van der Waals surface area contributed by atoms with Gasteiger partial charge in [0.15, 0.2) is 0 Å². The number of alkyl halides is 3. The molecule has 0 aliphatic carbocycles. The first-order chi connectivity index (χ1) is 12.7. The quantitative estimate of drug-likeness (QED) is 0.615. The average molecular weight is 396 g/mol. The number of benzene rings is 2. The minimum Gasteiger partial charge on any atom is -0.438 e. The molecule has 1 amide bonds. The summed E-state index contributed by atoms with van der Waals surface area (Å²) in [6.07, 6.45) is -4.48. The normalized spacial score (nSPS) is 11.3. The summed E-state index contributed by atoms with van der Waals surface area (Å²) >= 11 is 6.00. The smallest absolute Gasteiger partial charge is 0.416 e. The third kappa shape index (κ3) is 4.40. The molecule has 1 heterocycles. The van der Waals surface area contributed by atoms with E-state index in [2.05, 4.69) is 10.4 Å². The molecule has 0 saturated carbocycles. The number of nitrogens with one attached hydrogen (secondary N) is 1. The van der Waals surface area contributed by atoms with Gasteiger partial charge in [0.05, 0.1) is 22.0 Å². The molecule has 0 unspecified atom stereocenters. The number of amides is 1. The van der Waals surface area contributed by atoms with Crippen LogP contribution in [-0.2, 0) is 6.18 Å². The van der Waals surface area contributed by atoms with E-state index in [0.29, 0.717) is 16.4 Å². The van der Waals surface area contributed by atoms with E-state index in [9.17, 15) is 18.0 Å². The summed E-state index contributed by atoms with van der Waals surface area (Å²) in [5.41, 5.74) is -0.00596. The van der Waals surface area contributed by atoms with E-state index in [1.54, 1.807) is 31.2 Å². The topological polar surface area (TPSA) is 56.2 Å². The number of ether oxygens (including phenoxy) is 1. The van der Waals surface area contributed by atoms with E-state index in [0.717, 1.165) is 16.8 Å². The summed E-state index contributed by atoms with van der Waals surface area (Å²) < 4.78 is 44.7. The molecular formula is C18H13ClF3N3O2. The summed E-state index contributed by atoms with van der Waals surface area (Å²) in [6, 6.07) is 11.9. The Balaban J connectivity index is 1.79. The van der Waals surface area contributed by atoms with Gasteiger partial charge in [0, 0.05) is 6.07 Å². The Hall–Kier alpha value is -3.00. The Morgan fingerprint density at radius 3 is 2.59 bits per heavy atom. The summed E-state index contributed by atoms with van der Waals surface area (Å²) in [5, 5.41) is 6.94. The highest BCUT2D eigenvalue weighted by Gasteiger charge is 2.30. The van der Waals surface area contributed by atoms with Crippen LogP contribution in [-0.4, -0.2) is 15.8 Å². The molecule has 27 heavy (non-hydrogen) atoms. The lowest BCUT2D eigenvalue weighted by Gasteiger charge is -2.09. The van der Waals surface area contributed by atoms with Crippen LogP contribution in [0.25, 0.3) is 0 Å². The molecule has 3 rings (SSSR count). The molecule has 5 nitrogen and oxygen atoms in total. The molecule has 0 atom stereocenters. The molecule has 0 bridgehead atoms. The third-order valence-electron chi connectivity index (χ3n) is 3.56. The molecule has 0 saturated heterocycles. The maximum atomic E-state index is 12.8. The van der Waals surface area contributed by atoms with Crippen molar-refractivity contribution in [2.45, 2.75) is 13.1 Å². The van der Waals surface area contributed by atoms with Gasteiger partial charge in [-0.1, -0.05) is 29.8 Å². The summed E-state index contributed by atoms with van der Waals surface area (Å²) in [6.45, 7) is 1.61. The first kappa shape index (κ1) is 18.8. The van der Waals surface area contributed by atoms with Crippen molar-refractivity contribution in [3.8, 4) is 11.6 Å². The van der Waals surface area contributed by atoms with Crippen LogP contribution >= 0.6 is 11.6 Å². The van der Waals surface area contributed by atoms with Gasteiger partial charge in [-0.15, -0.1) is 5.10 Å². The second-order valence-corrected chi connectivity index (χ2v) is 5.98. The first-order valence-electron chi connectivity index (χ1n) is 7.72. The number of rotatable bonds is 3. The average Bonchev–Trinajstić information content (AvgIpc) is 2.97. The Bertz CT molecular complexity index is 986. The van der Waals surface area contributed by atoms with Gasteiger partial charge in [-0.05, 0) is 37.3 Å². The van der Waals surface area contributed by atoms with Crippen LogP contribution in [0.1, 0.15) is 11.3 Å². The number of aryl methyl sites for hydroxylation is 1. The Morgan fingerprint density at radius 2 is 1.89 bits per heavy atom. The zero-order chi connectivity index (χ0) is 19.6. The van der Waals surface area contributed by atoms with Gasteiger partial charge in [0.1, 0.15) is 5.75 Å². The highest BCUT2D eigenvalue weighted by Crippen LogP contribution is 2.32. The summed E-state index contributed by atoms with van der Waals surface area (Å²) in [5.74, 6) is -0.0536. The largest absolute Gasteiger partial charge is 0.438 e. The van der Waals surface area contributed by atoms with Crippen molar-refractivity contribution in [1.29, 1.82) is 0 Å². The van der Waals surface area contributed by atoms with Crippen LogP contribution in [0.4, 0.5) is 23.7 Å². The van der Waals surface area contributed by atoms with E-state index < -0.39 is 17.8 Å². The molecule has 140 valence electrons. The molecule has 0 aliphatic rings. The van der Waals surface area contributed by atoms with E-state index >= 15 is 0 Å². The Morgan fingerprint density at radius 1 is 1.15 bits per heavy atom. The lowest BCUT2D eigenvalue weighted by atomic mass is 10.2. The predicted octanol–water partition coefficient (Wildman–Crippen LogP) is 5.74. The van der Waals surface area contributed by atoms with Gasteiger partial charge in [-0.2, -0.15) is 17.9 Å². The van der Waals surface area contributed by atoms with E-state index in [1.807, 2.05) is 0 Å². The van der Waals surface area contributed by atoms with Crippen LogP contribution in [0.5, 0.6) is 11.6 Å². The predicted molar refractivity (Wildman–Crippen MR) is 94.4 cm³/mol. The maximum absolute atomic E-state index is 12.8. The lowest BCUT2D eigenvalue weighted by Crippen LogP contribution is -2.21. The van der Waals surface area contributed by atoms with Crippen molar-refractivity contribution >= 4 is 23.3 Å². The Labute approximate surface area is 157 Å². The van der Waals surface area contributed by atoms with Crippen molar-refractivity contribution in [1.82, 2.24) is 9.78 Å². The number of aromatic nitrogens is 2. The van der Waals surface area contributed by atoms with Crippen LogP contribution in [0.15, 0.2) is 54.6 Å². The molecule has 9 heteroatoms. The number of carbonyl (C=O) groups excluding carboxylic acids is 1. The maximum Gasteiger partial charge on any atom is 0.416 e. The molecule has 2 aromatic carbocycles. The minimum absolute atomic E-state index is 0.0128. The molecule has 0 radical (unpaired) electrons. The zero-order valence-electron chi connectivity index (χ0n) is 13.9. The van der Waals surface area contributed by atoms with Gasteiger partial charge in [0.2, 0.25) is 5.88 Å². The highest BCUT2D eigenvalue weighted by molar-refractivity contribution is 6.33. The fourth-order valence-corrected chi connectivity index (χ4v) is 2.47. The minimum atomic E-state index is -4.48. The summed E-state index contributed by atoms with van der Waals surface area (Å²) in [4.78, 5) is 12.4. The van der Waals surface area contributed by atoms with Crippen molar-refractivity contribution < 1.29 is 22.7 Å². The number of hydrogen-bond donors (Lipinski definition) is 1. The van der Waals surface area contributed by atoms with E-state index in [-0.39, 0.29) is 11.6 Å². The van der Waals surface area contributed by atoms with Crippen molar-refractivity contribution in [2.24, 2.45) is 0 Å².